The predicted octanol–water partition coefficient (Wildman–Crippen LogP) is 2.84. The molecular formula is C22H25NO3. The van der Waals surface area contributed by atoms with E-state index in [1.807, 2.05) is 26.0 Å². The summed E-state index contributed by atoms with van der Waals surface area (Å²) in [5.41, 5.74) is 3.66. The number of carbonyl (C=O) groups excluding carboxylic acids is 3. The van der Waals surface area contributed by atoms with Crippen molar-refractivity contribution in [1.29, 1.82) is 0 Å². The van der Waals surface area contributed by atoms with Crippen LogP contribution in [-0.4, -0.2) is 23.5 Å². The molecule has 0 aliphatic heterocycles. The normalized spacial score (nSPS) is 22.1. The van der Waals surface area contributed by atoms with Crippen LogP contribution in [0.5, 0.6) is 0 Å². The zero-order valence-corrected chi connectivity index (χ0v) is 15.6. The molecule has 0 heterocycles. The van der Waals surface area contributed by atoms with Crippen molar-refractivity contribution >= 4 is 17.5 Å². The highest BCUT2D eigenvalue weighted by Gasteiger charge is 2.44. The second kappa shape index (κ2) is 7.45. The molecule has 0 spiro atoms. The molecule has 2 saturated carbocycles. The lowest BCUT2D eigenvalue weighted by Gasteiger charge is -2.17. The van der Waals surface area contributed by atoms with E-state index >= 15 is 0 Å². The summed E-state index contributed by atoms with van der Waals surface area (Å²) >= 11 is 0. The monoisotopic (exact) mass is 351 g/mol. The highest BCUT2D eigenvalue weighted by molar-refractivity contribution is 6.15. The minimum absolute atomic E-state index is 0.0636. The Morgan fingerprint density at radius 3 is 2.62 bits per heavy atom. The van der Waals surface area contributed by atoms with Crippen LogP contribution in [0.15, 0.2) is 12.1 Å². The minimum atomic E-state index is -0.729. The van der Waals surface area contributed by atoms with Gasteiger partial charge in [-0.1, -0.05) is 12.8 Å². The number of nitrogens with one attached hydrogen (secondary N) is 1. The zero-order chi connectivity index (χ0) is 18.8. The molecule has 2 atom stereocenters. The second-order valence-electron chi connectivity index (χ2n) is 7.34. The molecule has 1 N–H and O–H groups in total. The van der Waals surface area contributed by atoms with Crippen LogP contribution >= 0.6 is 0 Å². The van der Waals surface area contributed by atoms with Gasteiger partial charge >= 0.3 is 0 Å². The fraction of sp³-hybridized carbons (Fsp3) is 0.500. The van der Waals surface area contributed by atoms with Gasteiger partial charge in [0.2, 0.25) is 5.91 Å². The Labute approximate surface area is 154 Å². The van der Waals surface area contributed by atoms with Crippen molar-refractivity contribution in [3.63, 3.8) is 0 Å². The van der Waals surface area contributed by atoms with E-state index in [4.69, 9.17) is 0 Å². The third kappa shape index (κ3) is 3.72. The average Bonchev–Trinajstić information content (AvgIpc) is 3.35. The molecule has 4 heteroatoms. The van der Waals surface area contributed by atoms with Gasteiger partial charge in [0.25, 0.3) is 0 Å². The number of Topliss-reactive ketones (excluding diaryl/α,β-unsaturated/α-hetero) is 2. The second-order valence-corrected chi connectivity index (χ2v) is 7.34. The summed E-state index contributed by atoms with van der Waals surface area (Å²) in [6.45, 7) is 5.74. The smallest absolute Gasteiger partial charge is 0.220 e. The molecule has 4 nitrogen and oxygen atoms in total. The first kappa shape index (κ1) is 18.4. The lowest BCUT2D eigenvalue weighted by molar-refractivity contribution is -0.128. The molecule has 2 aliphatic carbocycles. The maximum absolute atomic E-state index is 13.0. The molecule has 0 saturated heterocycles. The third-order valence-corrected chi connectivity index (χ3v) is 5.24. The lowest BCUT2D eigenvalue weighted by Crippen LogP contribution is -2.29. The summed E-state index contributed by atoms with van der Waals surface area (Å²) in [6, 6.07) is 4.19. The fourth-order valence-electron chi connectivity index (χ4n) is 3.86. The minimum Gasteiger partial charge on any atom is -0.353 e. The van der Waals surface area contributed by atoms with Crippen LogP contribution in [-0.2, 0) is 20.8 Å². The van der Waals surface area contributed by atoms with Crippen molar-refractivity contribution in [2.75, 3.05) is 0 Å². The molecule has 1 aromatic rings. The molecule has 2 fully saturated rings. The highest BCUT2D eigenvalue weighted by atomic mass is 16.2. The number of carbonyl (C=O) groups is 3. The largest absolute Gasteiger partial charge is 0.353 e. The SMILES string of the molecule is CC#Cc1cc(C)c(C2C(=O)CC(CC(=O)NC3CC3)C2=O)c(CC)c1. The zero-order valence-electron chi connectivity index (χ0n) is 15.6. The molecule has 2 aliphatic rings. The van der Waals surface area contributed by atoms with Crippen molar-refractivity contribution in [1.82, 2.24) is 5.32 Å². The number of hydrogen-bond donors (Lipinski definition) is 1. The summed E-state index contributed by atoms with van der Waals surface area (Å²) in [6.07, 6.45) is 3.05. The lowest BCUT2D eigenvalue weighted by atomic mass is 9.85. The Balaban J connectivity index is 1.86. The van der Waals surface area contributed by atoms with Gasteiger partial charge in [0.15, 0.2) is 5.78 Å². The average molecular weight is 351 g/mol. The number of benzene rings is 1. The van der Waals surface area contributed by atoms with Gasteiger partial charge in [-0.15, -0.1) is 5.92 Å². The van der Waals surface area contributed by atoms with E-state index in [2.05, 4.69) is 17.2 Å². The van der Waals surface area contributed by atoms with Gasteiger partial charge in [-0.05, 0) is 61.9 Å². The Morgan fingerprint density at radius 1 is 1.27 bits per heavy atom. The van der Waals surface area contributed by atoms with E-state index in [0.717, 1.165) is 41.5 Å². The first-order valence-electron chi connectivity index (χ1n) is 9.36. The maximum atomic E-state index is 13.0. The number of aryl methyl sites for hydroxylation is 2. The summed E-state index contributed by atoms with van der Waals surface area (Å²) in [7, 11) is 0. The van der Waals surface area contributed by atoms with Gasteiger partial charge in [0, 0.05) is 30.4 Å². The van der Waals surface area contributed by atoms with Gasteiger partial charge in [-0.2, -0.15) is 0 Å². The van der Waals surface area contributed by atoms with Crippen LogP contribution in [0.4, 0.5) is 0 Å². The van der Waals surface area contributed by atoms with Crippen molar-refractivity contribution in [3.8, 4) is 11.8 Å². The van der Waals surface area contributed by atoms with E-state index in [-0.39, 0.29) is 36.4 Å². The topological polar surface area (TPSA) is 63.2 Å². The Hall–Kier alpha value is -2.41. The number of hydrogen-bond acceptors (Lipinski definition) is 3. The van der Waals surface area contributed by atoms with Crippen LogP contribution in [0.2, 0.25) is 0 Å². The third-order valence-electron chi connectivity index (χ3n) is 5.24. The Kier molecular flexibility index (Phi) is 5.27. The molecule has 1 amide bonds. The maximum Gasteiger partial charge on any atom is 0.220 e. The molecule has 3 rings (SSSR count). The fourth-order valence-corrected chi connectivity index (χ4v) is 3.86. The summed E-state index contributed by atoms with van der Waals surface area (Å²) in [5, 5.41) is 2.91. The van der Waals surface area contributed by atoms with E-state index < -0.39 is 11.8 Å². The molecule has 0 aromatic heterocycles. The number of rotatable bonds is 5. The number of ketones is 2. The van der Waals surface area contributed by atoms with Crippen LogP contribution in [0.3, 0.4) is 0 Å². The molecule has 26 heavy (non-hydrogen) atoms. The quantitative estimate of drug-likeness (QED) is 0.655. The summed E-state index contributed by atoms with van der Waals surface area (Å²) in [4.78, 5) is 37.7. The Bertz CT molecular complexity index is 824. The van der Waals surface area contributed by atoms with Crippen molar-refractivity contribution < 1.29 is 14.4 Å². The van der Waals surface area contributed by atoms with Crippen molar-refractivity contribution in [2.24, 2.45) is 5.92 Å². The van der Waals surface area contributed by atoms with E-state index in [9.17, 15) is 14.4 Å². The molecule has 136 valence electrons. The molecule has 0 bridgehead atoms. The first-order valence-corrected chi connectivity index (χ1v) is 9.36. The molecule has 0 radical (unpaired) electrons. The standard InChI is InChI=1S/C22H25NO3/c1-4-6-14-9-13(3)20(15(5-2)10-14)21-18(24)11-16(22(21)26)12-19(25)23-17-7-8-17/h9-10,16-17,21H,5,7-8,11-12H2,1-3H3,(H,23,25). The number of amides is 1. The van der Waals surface area contributed by atoms with Crippen LogP contribution < -0.4 is 5.32 Å². The highest BCUT2D eigenvalue weighted by Crippen LogP contribution is 2.38. The summed E-state index contributed by atoms with van der Waals surface area (Å²) in [5.74, 6) is 4.44. The Morgan fingerprint density at radius 2 is 2.00 bits per heavy atom. The van der Waals surface area contributed by atoms with Gasteiger partial charge in [-0.3, -0.25) is 14.4 Å². The van der Waals surface area contributed by atoms with Crippen LogP contribution in [0.25, 0.3) is 0 Å². The van der Waals surface area contributed by atoms with Crippen LogP contribution in [0.1, 0.15) is 67.7 Å². The van der Waals surface area contributed by atoms with Crippen molar-refractivity contribution in [3.05, 3.63) is 34.4 Å². The predicted molar refractivity (Wildman–Crippen MR) is 99.8 cm³/mol. The molecular weight excluding hydrogens is 326 g/mol. The first-order chi connectivity index (χ1) is 12.4. The molecule has 1 aromatic carbocycles. The molecule has 2 unspecified atom stereocenters. The van der Waals surface area contributed by atoms with Gasteiger partial charge in [0.1, 0.15) is 11.7 Å². The van der Waals surface area contributed by atoms with Crippen molar-refractivity contribution in [2.45, 2.75) is 64.8 Å². The van der Waals surface area contributed by atoms with E-state index in [0.29, 0.717) is 0 Å². The summed E-state index contributed by atoms with van der Waals surface area (Å²) < 4.78 is 0. The van der Waals surface area contributed by atoms with Gasteiger partial charge in [0.05, 0.1) is 0 Å². The van der Waals surface area contributed by atoms with E-state index in [1.54, 1.807) is 6.92 Å². The van der Waals surface area contributed by atoms with E-state index in [1.165, 1.54) is 0 Å². The van der Waals surface area contributed by atoms with Gasteiger partial charge < -0.3 is 5.32 Å². The van der Waals surface area contributed by atoms with Gasteiger partial charge in [-0.25, -0.2) is 0 Å². The van der Waals surface area contributed by atoms with Crippen LogP contribution in [0, 0.1) is 24.7 Å².